The van der Waals surface area contributed by atoms with Crippen LogP contribution >= 0.6 is 0 Å². The van der Waals surface area contributed by atoms with Crippen LogP contribution in [0.5, 0.6) is 11.5 Å². The Kier molecular flexibility index (Phi) is 6.56. The number of carbonyl (C=O) groups is 1. The molecule has 8 nitrogen and oxygen atoms in total. The molecule has 0 aliphatic carbocycles. The van der Waals surface area contributed by atoms with Crippen LogP contribution in [0.3, 0.4) is 0 Å². The SMILES string of the molecule is COCCOc1ccc(S(=O)(=O)NNC(=O)c2ccccc2O)cc1C. The smallest absolute Gasteiger partial charge is 0.269 e. The zero-order valence-corrected chi connectivity index (χ0v) is 15.2. The van der Waals surface area contributed by atoms with E-state index >= 15 is 0 Å². The van der Waals surface area contributed by atoms with E-state index in [0.29, 0.717) is 24.5 Å². The number of hydrogen-bond acceptors (Lipinski definition) is 6. The maximum absolute atomic E-state index is 12.3. The van der Waals surface area contributed by atoms with Crippen LogP contribution in [0.15, 0.2) is 47.4 Å². The second-order valence-electron chi connectivity index (χ2n) is 5.35. The Morgan fingerprint density at radius 1 is 1.15 bits per heavy atom. The largest absolute Gasteiger partial charge is 0.507 e. The Morgan fingerprint density at radius 2 is 1.88 bits per heavy atom. The van der Waals surface area contributed by atoms with Crippen LogP contribution in [0, 0.1) is 6.92 Å². The van der Waals surface area contributed by atoms with Gasteiger partial charge >= 0.3 is 0 Å². The molecule has 26 heavy (non-hydrogen) atoms. The molecule has 0 unspecified atom stereocenters. The highest BCUT2D eigenvalue weighted by atomic mass is 32.2. The number of carbonyl (C=O) groups excluding carboxylic acids is 1. The van der Waals surface area contributed by atoms with Gasteiger partial charge in [-0.15, -0.1) is 4.83 Å². The number of aryl methyl sites for hydroxylation is 1. The van der Waals surface area contributed by atoms with Gasteiger partial charge in [0.15, 0.2) is 0 Å². The van der Waals surface area contributed by atoms with Crippen molar-refractivity contribution < 1.29 is 27.8 Å². The predicted molar refractivity (Wildman–Crippen MR) is 94.4 cm³/mol. The number of aromatic hydroxyl groups is 1. The monoisotopic (exact) mass is 380 g/mol. The highest BCUT2D eigenvalue weighted by molar-refractivity contribution is 7.89. The number of amides is 1. The Labute approximate surface area is 151 Å². The van der Waals surface area contributed by atoms with Crippen molar-refractivity contribution in [1.29, 1.82) is 0 Å². The topological polar surface area (TPSA) is 114 Å². The summed E-state index contributed by atoms with van der Waals surface area (Å²) in [5, 5.41) is 9.62. The van der Waals surface area contributed by atoms with Crippen LogP contribution in [-0.2, 0) is 14.8 Å². The lowest BCUT2D eigenvalue weighted by Crippen LogP contribution is -2.41. The number of para-hydroxylation sites is 1. The van der Waals surface area contributed by atoms with Gasteiger partial charge in [0.2, 0.25) is 0 Å². The first-order chi connectivity index (χ1) is 12.3. The number of hydrazine groups is 1. The summed E-state index contributed by atoms with van der Waals surface area (Å²) in [5.74, 6) is -0.486. The van der Waals surface area contributed by atoms with Crippen LogP contribution < -0.4 is 15.0 Å². The number of phenols is 1. The van der Waals surface area contributed by atoms with E-state index in [2.05, 4.69) is 5.43 Å². The third kappa shape index (κ3) is 4.94. The molecule has 0 aliphatic heterocycles. The van der Waals surface area contributed by atoms with Gasteiger partial charge in [0.25, 0.3) is 15.9 Å². The molecule has 0 saturated carbocycles. The lowest BCUT2D eigenvalue weighted by atomic mass is 10.2. The molecule has 0 bridgehead atoms. The molecule has 0 aromatic heterocycles. The summed E-state index contributed by atoms with van der Waals surface area (Å²) in [5.41, 5.74) is 2.64. The summed E-state index contributed by atoms with van der Waals surface area (Å²) in [6, 6.07) is 10.1. The number of benzene rings is 2. The molecule has 0 saturated heterocycles. The van der Waals surface area contributed by atoms with Gasteiger partial charge in [0.1, 0.15) is 18.1 Å². The van der Waals surface area contributed by atoms with Gasteiger partial charge in [0, 0.05) is 7.11 Å². The van der Waals surface area contributed by atoms with Crippen LogP contribution in [-0.4, -0.2) is 39.8 Å². The van der Waals surface area contributed by atoms with E-state index < -0.39 is 15.9 Å². The number of phenolic OH excluding ortho intramolecular Hbond substituents is 1. The molecular formula is C17H20N2O6S. The minimum atomic E-state index is -3.98. The normalized spacial score (nSPS) is 11.2. The molecule has 9 heteroatoms. The number of nitrogens with one attached hydrogen (secondary N) is 2. The number of hydrogen-bond donors (Lipinski definition) is 3. The van der Waals surface area contributed by atoms with Crippen molar-refractivity contribution in [3.8, 4) is 11.5 Å². The second-order valence-corrected chi connectivity index (χ2v) is 7.03. The second kappa shape index (κ2) is 8.65. The van der Waals surface area contributed by atoms with Gasteiger partial charge in [-0.3, -0.25) is 10.2 Å². The van der Waals surface area contributed by atoms with Gasteiger partial charge in [-0.2, -0.15) is 0 Å². The minimum Gasteiger partial charge on any atom is -0.507 e. The molecule has 0 heterocycles. The van der Waals surface area contributed by atoms with E-state index in [4.69, 9.17) is 9.47 Å². The molecule has 0 aliphatic rings. The number of methoxy groups -OCH3 is 1. The average Bonchev–Trinajstić information content (AvgIpc) is 2.61. The molecule has 3 N–H and O–H groups in total. The van der Waals surface area contributed by atoms with Crippen molar-refractivity contribution >= 4 is 15.9 Å². The highest BCUT2D eigenvalue weighted by Crippen LogP contribution is 2.21. The van der Waals surface area contributed by atoms with E-state index in [-0.39, 0.29) is 16.2 Å². The van der Waals surface area contributed by atoms with Gasteiger partial charge < -0.3 is 14.6 Å². The number of ether oxygens (including phenoxy) is 2. The van der Waals surface area contributed by atoms with Gasteiger partial charge in [-0.05, 0) is 42.8 Å². The van der Waals surface area contributed by atoms with Gasteiger partial charge in [-0.25, -0.2) is 8.42 Å². The van der Waals surface area contributed by atoms with Crippen molar-refractivity contribution in [3.05, 3.63) is 53.6 Å². The highest BCUT2D eigenvalue weighted by Gasteiger charge is 2.18. The fourth-order valence-electron chi connectivity index (χ4n) is 2.09. The van der Waals surface area contributed by atoms with Crippen molar-refractivity contribution in [2.75, 3.05) is 20.3 Å². The van der Waals surface area contributed by atoms with E-state index in [1.807, 2.05) is 4.83 Å². The fraction of sp³-hybridized carbons (Fsp3) is 0.235. The Morgan fingerprint density at radius 3 is 2.54 bits per heavy atom. The molecule has 0 fully saturated rings. The van der Waals surface area contributed by atoms with E-state index in [9.17, 15) is 18.3 Å². The molecule has 140 valence electrons. The first-order valence-corrected chi connectivity index (χ1v) is 9.16. The summed E-state index contributed by atoms with van der Waals surface area (Å²) >= 11 is 0. The van der Waals surface area contributed by atoms with Crippen LogP contribution in [0.1, 0.15) is 15.9 Å². The fourth-order valence-corrected chi connectivity index (χ4v) is 3.02. The van der Waals surface area contributed by atoms with Gasteiger partial charge in [-0.1, -0.05) is 12.1 Å². The first kappa shape index (κ1) is 19.7. The third-order valence-corrected chi connectivity index (χ3v) is 4.69. The Hall–Kier alpha value is -2.62. The third-order valence-electron chi connectivity index (χ3n) is 3.45. The average molecular weight is 380 g/mol. The summed E-state index contributed by atoms with van der Waals surface area (Å²) in [7, 11) is -2.43. The molecule has 0 radical (unpaired) electrons. The summed E-state index contributed by atoms with van der Waals surface area (Å²) in [6.45, 7) is 2.47. The lowest BCUT2D eigenvalue weighted by Gasteiger charge is -2.12. The zero-order chi connectivity index (χ0) is 19.2. The lowest BCUT2D eigenvalue weighted by molar-refractivity contribution is 0.0942. The van der Waals surface area contributed by atoms with Crippen molar-refractivity contribution in [2.45, 2.75) is 11.8 Å². The number of rotatable bonds is 8. The van der Waals surface area contributed by atoms with Crippen LogP contribution in [0.4, 0.5) is 0 Å². The van der Waals surface area contributed by atoms with Crippen molar-refractivity contribution in [1.82, 2.24) is 10.3 Å². The molecule has 0 spiro atoms. The minimum absolute atomic E-state index is 0.0355. The Balaban J connectivity index is 2.06. The van der Waals surface area contributed by atoms with Crippen molar-refractivity contribution in [3.63, 3.8) is 0 Å². The van der Waals surface area contributed by atoms with E-state index in [0.717, 1.165) is 0 Å². The van der Waals surface area contributed by atoms with E-state index in [1.54, 1.807) is 26.2 Å². The van der Waals surface area contributed by atoms with Crippen LogP contribution in [0.25, 0.3) is 0 Å². The maximum atomic E-state index is 12.3. The molecule has 2 aromatic carbocycles. The molecule has 2 aromatic rings. The standard InChI is InChI=1S/C17H20N2O6S/c1-12-11-13(7-8-16(12)25-10-9-24-2)26(22,23)19-18-17(21)14-5-3-4-6-15(14)20/h3-8,11,19-20H,9-10H2,1-2H3,(H,18,21). The van der Waals surface area contributed by atoms with E-state index in [1.165, 1.54) is 30.3 Å². The van der Waals surface area contributed by atoms with Gasteiger partial charge in [0.05, 0.1) is 17.1 Å². The summed E-state index contributed by atoms with van der Waals surface area (Å²) < 4.78 is 35.0. The maximum Gasteiger partial charge on any atom is 0.269 e. The predicted octanol–water partition coefficient (Wildman–Crippen LogP) is 1.35. The molecule has 0 atom stereocenters. The number of sulfonamides is 1. The molecule has 1 amide bonds. The molecular weight excluding hydrogens is 360 g/mol. The summed E-state index contributed by atoms with van der Waals surface area (Å²) in [4.78, 5) is 13.9. The van der Waals surface area contributed by atoms with Crippen molar-refractivity contribution in [2.24, 2.45) is 0 Å². The summed E-state index contributed by atoms with van der Waals surface area (Å²) in [6.07, 6.45) is 0. The Bertz CT molecular complexity index is 883. The zero-order valence-electron chi connectivity index (χ0n) is 14.4. The van der Waals surface area contributed by atoms with Crippen LogP contribution in [0.2, 0.25) is 0 Å². The quantitative estimate of drug-likeness (QED) is 0.471. The first-order valence-electron chi connectivity index (χ1n) is 7.67. The molecule has 2 rings (SSSR count).